The van der Waals surface area contributed by atoms with E-state index in [9.17, 15) is 18.0 Å². The number of hydrogen-bond acceptors (Lipinski definition) is 3. The molecule has 14 heavy (non-hydrogen) atoms. The molecule has 1 unspecified atom stereocenters. The van der Waals surface area contributed by atoms with Crippen LogP contribution in [-0.2, 0) is 9.53 Å². The molecule has 0 aromatic rings. The normalized spacial score (nSPS) is 12.9. The summed E-state index contributed by atoms with van der Waals surface area (Å²) in [5.74, 6) is -1.04. The van der Waals surface area contributed by atoms with Gasteiger partial charge in [0.25, 0.3) is 0 Å². The van der Waals surface area contributed by atoms with Gasteiger partial charge >= 0.3 is 12.1 Å². The Labute approximate surface area is 77.5 Å². The highest BCUT2D eigenvalue weighted by Crippen LogP contribution is 2.15. The van der Waals surface area contributed by atoms with E-state index in [0.717, 1.165) is 0 Å². The molecule has 0 aliphatic heterocycles. The van der Waals surface area contributed by atoms with Gasteiger partial charge in [-0.15, -0.1) is 0 Å². The van der Waals surface area contributed by atoms with Crippen LogP contribution in [0.4, 0.5) is 13.2 Å². The summed E-state index contributed by atoms with van der Waals surface area (Å²) in [6.07, 6.45) is -4.89. The fraction of sp³-hybridized carbons (Fsp3) is 0.833. The minimum absolute atomic E-state index is 0.361. The topological polar surface area (TPSA) is 75.1 Å². The lowest BCUT2D eigenvalue weighted by Gasteiger charge is -2.08. The molecule has 8 heteroatoms. The second-order valence-electron chi connectivity index (χ2n) is 2.53. The highest BCUT2D eigenvalue weighted by Gasteiger charge is 2.29. The number of hydrogen-bond donors (Lipinski definition) is 0. The van der Waals surface area contributed by atoms with Gasteiger partial charge < -0.3 is 4.74 Å². The standard InChI is InChI=1S/C6H8F3N3O2/c1-4(11-12-10)2-5(13)14-3-6(7,8)9/h4H,2-3H2,1H3. The number of nitrogens with zero attached hydrogens (tertiary/aromatic N) is 3. The van der Waals surface area contributed by atoms with Gasteiger partial charge in [0.05, 0.1) is 6.42 Å². The van der Waals surface area contributed by atoms with Crippen molar-refractivity contribution in [2.75, 3.05) is 6.61 Å². The van der Waals surface area contributed by atoms with Crippen molar-refractivity contribution >= 4 is 5.97 Å². The van der Waals surface area contributed by atoms with E-state index in [1.807, 2.05) is 0 Å². The van der Waals surface area contributed by atoms with Gasteiger partial charge in [0.1, 0.15) is 0 Å². The summed E-state index contributed by atoms with van der Waals surface area (Å²) < 4.78 is 38.5. The number of ether oxygens (including phenoxy) is 1. The Morgan fingerprint density at radius 1 is 1.64 bits per heavy atom. The molecule has 80 valence electrons. The molecule has 0 saturated carbocycles. The summed E-state index contributed by atoms with van der Waals surface area (Å²) in [6.45, 7) is -0.219. The molecule has 0 fully saturated rings. The molecule has 0 rings (SSSR count). The summed E-state index contributed by atoms with van der Waals surface area (Å²) in [6, 6.07) is -0.708. The number of halogens is 3. The van der Waals surface area contributed by atoms with E-state index in [4.69, 9.17) is 5.53 Å². The molecule has 0 amide bonds. The predicted octanol–water partition coefficient (Wildman–Crippen LogP) is 2.18. The number of rotatable bonds is 4. The van der Waals surface area contributed by atoms with Crippen molar-refractivity contribution in [2.45, 2.75) is 25.6 Å². The van der Waals surface area contributed by atoms with E-state index in [1.165, 1.54) is 6.92 Å². The maximum atomic E-state index is 11.5. The zero-order valence-corrected chi connectivity index (χ0v) is 7.28. The van der Waals surface area contributed by atoms with Crippen LogP contribution in [0.25, 0.3) is 10.4 Å². The molecule has 0 aromatic heterocycles. The molecule has 1 atom stereocenters. The van der Waals surface area contributed by atoms with Crippen LogP contribution in [-0.4, -0.2) is 24.8 Å². The Balaban J connectivity index is 3.82. The SMILES string of the molecule is CC(CC(=O)OCC(F)(F)F)N=[N+]=[N-]. The second kappa shape index (κ2) is 5.33. The lowest BCUT2D eigenvalue weighted by Crippen LogP contribution is -2.21. The molecule has 0 N–H and O–H groups in total. The van der Waals surface area contributed by atoms with Gasteiger partial charge in [0.2, 0.25) is 0 Å². The molecule has 0 bridgehead atoms. The minimum Gasteiger partial charge on any atom is -0.456 e. The summed E-state index contributed by atoms with van der Waals surface area (Å²) in [4.78, 5) is 13.1. The summed E-state index contributed by atoms with van der Waals surface area (Å²) in [7, 11) is 0. The van der Waals surface area contributed by atoms with Crippen LogP contribution in [0.1, 0.15) is 13.3 Å². The molecular weight excluding hydrogens is 203 g/mol. The van der Waals surface area contributed by atoms with Crippen molar-refractivity contribution < 1.29 is 22.7 Å². The second-order valence-corrected chi connectivity index (χ2v) is 2.53. The average molecular weight is 211 g/mol. The third-order valence-corrected chi connectivity index (χ3v) is 1.11. The Morgan fingerprint density at radius 2 is 2.21 bits per heavy atom. The first-order valence-corrected chi connectivity index (χ1v) is 3.61. The van der Waals surface area contributed by atoms with Gasteiger partial charge in [0, 0.05) is 11.0 Å². The van der Waals surface area contributed by atoms with Crippen LogP contribution in [0.15, 0.2) is 5.11 Å². The molecule has 0 aliphatic rings. The van der Waals surface area contributed by atoms with E-state index in [0.29, 0.717) is 0 Å². The zero-order valence-electron chi connectivity index (χ0n) is 7.28. The van der Waals surface area contributed by atoms with Gasteiger partial charge in [0.15, 0.2) is 6.61 Å². The first kappa shape index (κ1) is 12.6. The Morgan fingerprint density at radius 3 is 2.64 bits per heavy atom. The maximum absolute atomic E-state index is 11.5. The number of esters is 1. The van der Waals surface area contributed by atoms with E-state index < -0.39 is 24.8 Å². The van der Waals surface area contributed by atoms with Crippen molar-refractivity contribution in [3.8, 4) is 0 Å². The summed E-state index contributed by atoms with van der Waals surface area (Å²) in [5.41, 5.74) is 7.93. The summed E-state index contributed by atoms with van der Waals surface area (Å²) in [5, 5.41) is 3.11. The smallest absolute Gasteiger partial charge is 0.422 e. The Hall–Kier alpha value is -1.43. The van der Waals surface area contributed by atoms with Crippen LogP contribution in [0.5, 0.6) is 0 Å². The largest absolute Gasteiger partial charge is 0.456 e. The van der Waals surface area contributed by atoms with E-state index in [-0.39, 0.29) is 6.42 Å². The molecule has 0 spiro atoms. The Bertz CT molecular complexity index is 247. The maximum Gasteiger partial charge on any atom is 0.422 e. The highest BCUT2D eigenvalue weighted by molar-refractivity contribution is 5.70. The van der Waals surface area contributed by atoms with Crippen LogP contribution in [0.2, 0.25) is 0 Å². The molecular formula is C6H8F3N3O2. The number of carbonyl (C=O) groups is 1. The molecule has 0 saturated heterocycles. The van der Waals surface area contributed by atoms with Gasteiger partial charge in [-0.05, 0) is 5.53 Å². The molecule has 0 radical (unpaired) electrons. The number of carbonyl (C=O) groups excluding carboxylic acids is 1. The number of azide groups is 1. The van der Waals surface area contributed by atoms with Crippen molar-refractivity contribution in [3.63, 3.8) is 0 Å². The van der Waals surface area contributed by atoms with Crippen LogP contribution < -0.4 is 0 Å². The quantitative estimate of drug-likeness (QED) is 0.309. The monoisotopic (exact) mass is 211 g/mol. The van der Waals surface area contributed by atoms with Crippen molar-refractivity contribution in [1.29, 1.82) is 0 Å². The minimum atomic E-state index is -4.53. The van der Waals surface area contributed by atoms with Crippen molar-refractivity contribution in [2.24, 2.45) is 5.11 Å². The molecule has 5 nitrogen and oxygen atoms in total. The predicted molar refractivity (Wildman–Crippen MR) is 40.2 cm³/mol. The molecule has 0 aromatic carbocycles. The lowest BCUT2D eigenvalue weighted by molar-refractivity contribution is -0.186. The third-order valence-electron chi connectivity index (χ3n) is 1.11. The van der Waals surface area contributed by atoms with Gasteiger partial charge in [-0.25, -0.2) is 0 Å². The summed E-state index contributed by atoms with van der Waals surface area (Å²) >= 11 is 0. The first-order valence-electron chi connectivity index (χ1n) is 3.61. The Kier molecular flexibility index (Phi) is 4.79. The van der Waals surface area contributed by atoms with E-state index in [1.54, 1.807) is 0 Å². The zero-order chi connectivity index (χ0) is 11.2. The number of alkyl halides is 3. The fourth-order valence-corrected chi connectivity index (χ4v) is 0.591. The van der Waals surface area contributed by atoms with Crippen LogP contribution in [0.3, 0.4) is 0 Å². The van der Waals surface area contributed by atoms with Crippen LogP contribution >= 0.6 is 0 Å². The fourth-order valence-electron chi connectivity index (χ4n) is 0.591. The van der Waals surface area contributed by atoms with Crippen LogP contribution in [0, 0.1) is 0 Å². The van der Waals surface area contributed by atoms with E-state index in [2.05, 4.69) is 14.8 Å². The van der Waals surface area contributed by atoms with E-state index >= 15 is 0 Å². The van der Waals surface area contributed by atoms with Gasteiger partial charge in [-0.1, -0.05) is 12.0 Å². The first-order chi connectivity index (χ1) is 6.35. The molecule has 0 heterocycles. The van der Waals surface area contributed by atoms with Gasteiger partial charge in [-0.2, -0.15) is 13.2 Å². The lowest BCUT2D eigenvalue weighted by atomic mass is 10.2. The van der Waals surface area contributed by atoms with Crippen molar-refractivity contribution in [3.05, 3.63) is 10.4 Å². The molecule has 0 aliphatic carbocycles. The van der Waals surface area contributed by atoms with Gasteiger partial charge in [-0.3, -0.25) is 4.79 Å². The average Bonchev–Trinajstić information content (AvgIpc) is 2.00. The van der Waals surface area contributed by atoms with Crippen molar-refractivity contribution in [1.82, 2.24) is 0 Å². The highest BCUT2D eigenvalue weighted by atomic mass is 19.4. The third kappa shape index (κ3) is 7.23.